The van der Waals surface area contributed by atoms with Crippen LogP contribution in [0.4, 0.5) is 0 Å². The van der Waals surface area contributed by atoms with Crippen LogP contribution >= 0.6 is 11.6 Å². The topological polar surface area (TPSA) is 35.5 Å². The Morgan fingerprint density at radius 3 is 2.54 bits per heavy atom. The van der Waals surface area contributed by atoms with Gasteiger partial charge in [0.15, 0.2) is 8.32 Å². The molecule has 1 aliphatic rings. The van der Waals surface area contributed by atoms with Crippen molar-refractivity contribution in [3.63, 3.8) is 0 Å². The molecule has 1 aromatic carbocycles. The van der Waals surface area contributed by atoms with Gasteiger partial charge in [0.05, 0.1) is 19.1 Å². The third-order valence-corrected chi connectivity index (χ3v) is 10.1. The summed E-state index contributed by atoms with van der Waals surface area (Å²) in [6, 6.07) is 6.08. The van der Waals surface area contributed by atoms with Crippen LogP contribution in [0.25, 0.3) is 0 Å². The molecule has 0 heterocycles. The van der Waals surface area contributed by atoms with Crippen molar-refractivity contribution in [2.45, 2.75) is 64.8 Å². The Kier molecular flexibility index (Phi) is 5.83. The Labute approximate surface area is 151 Å². The van der Waals surface area contributed by atoms with E-state index >= 15 is 0 Å². The summed E-state index contributed by atoms with van der Waals surface area (Å²) >= 11 is 6.45. The summed E-state index contributed by atoms with van der Waals surface area (Å²) in [5, 5.41) is 0.904. The molecule has 1 aliphatic carbocycles. The van der Waals surface area contributed by atoms with E-state index in [0.717, 1.165) is 22.6 Å². The fraction of sp³-hybridized carbons (Fsp3) is 0.632. The first-order valence-corrected chi connectivity index (χ1v) is 11.9. The van der Waals surface area contributed by atoms with E-state index in [1.807, 2.05) is 19.1 Å². The van der Waals surface area contributed by atoms with E-state index in [2.05, 4.69) is 39.9 Å². The summed E-state index contributed by atoms with van der Waals surface area (Å²) in [7, 11) is -1.79. The Bertz CT molecular complexity index is 607. The van der Waals surface area contributed by atoms with E-state index in [1.165, 1.54) is 0 Å². The summed E-state index contributed by atoms with van der Waals surface area (Å²) in [6.07, 6.45) is 0.856. The molecule has 24 heavy (non-hydrogen) atoms. The van der Waals surface area contributed by atoms with Gasteiger partial charge in [-0.15, -0.1) is 0 Å². The predicted octanol–water partition coefficient (Wildman–Crippen LogP) is 5.53. The number of hydrogen-bond donors (Lipinski definition) is 0. The van der Waals surface area contributed by atoms with Crippen LogP contribution < -0.4 is 0 Å². The van der Waals surface area contributed by atoms with Gasteiger partial charge in [0.1, 0.15) is 0 Å². The Morgan fingerprint density at radius 1 is 1.33 bits per heavy atom. The van der Waals surface area contributed by atoms with Crippen LogP contribution in [0.1, 0.15) is 51.2 Å². The van der Waals surface area contributed by atoms with Crippen LogP contribution in [0.3, 0.4) is 0 Å². The quantitative estimate of drug-likeness (QED) is 0.489. The van der Waals surface area contributed by atoms with Gasteiger partial charge in [-0.3, -0.25) is 4.79 Å². The molecule has 0 aliphatic heterocycles. The lowest BCUT2D eigenvalue weighted by Crippen LogP contribution is -2.40. The Balaban J connectivity index is 2.00. The smallest absolute Gasteiger partial charge is 0.309 e. The number of carbonyl (C=O) groups excluding carboxylic acids is 1. The molecule has 2 unspecified atom stereocenters. The zero-order chi connectivity index (χ0) is 18.1. The fourth-order valence-corrected chi connectivity index (χ4v) is 3.65. The molecule has 0 saturated heterocycles. The number of benzene rings is 1. The second kappa shape index (κ2) is 7.18. The fourth-order valence-electron chi connectivity index (χ4n) is 2.46. The molecule has 2 rings (SSSR count). The molecule has 134 valence electrons. The zero-order valence-corrected chi connectivity index (χ0v) is 17.4. The SMILES string of the molecule is CCOC(=O)C1CC1c1ccc(CO[Si](C)(C)C(C)(C)C)c(Cl)c1. The van der Waals surface area contributed by atoms with Crippen LogP contribution in [-0.4, -0.2) is 20.9 Å². The molecular weight excluding hydrogens is 340 g/mol. The second-order valence-electron chi connectivity index (χ2n) is 8.10. The van der Waals surface area contributed by atoms with Crippen molar-refractivity contribution >= 4 is 25.9 Å². The monoisotopic (exact) mass is 368 g/mol. The summed E-state index contributed by atoms with van der Waals surface area (Å²) < 4.78 is 11.3. The Morgan fingerprint density at radius 2 is 2.00 bits per heavy atom. The summed E-state index contributed by atoms with van der Waals surface area (Å²) in [6.45, 7) is 14.0. The summed E-state index contributed by atoms with van der Waals surface area (Å²) in [4.78, 5) is 11.8. The maximum absolute atomic E-state index is 11.8. The van der Waals surface area contributed by atoms with Gasteiger partial charge < -0.3 is 9.16 Å². The zero-order valence-electron chi connectivity index (χ0n) is 15.6. The van der Waals surface area contributed by atoms with Gasteiger partial charge in [-0.1, -0.05) is 44.5 Å². The van der Waals surface area contributed by atoms with Crippen molar-refractivity contribution in [3.05, 3.63) is 34.3 Å². The maximum Gasteiger partial charge on any atom is 0.309 e. The number of esters is 1. The normalized spacial score (nSPS) is 20.8. The van der Waals surface area contributed by atoms with E-state index < -0.39 is 8.32 Å². The lowest BCUT2D eigenvalue weighted by Gasteiger charge is -2.36. The van der Waals surface area contributed by atoms with Gasteiger partial charge in [-0.2, -0.15) is 0 Å². The first-order chi connectivity index (χ1) is 11.1. The summed E-state index contributed by atoms with van der Waals surface area (Å²) in [5.41, 5.74) is 2.13. The minimum absolute atomic E-state index is 0.00431. The molecule has 1 fully saturated rings. The van der Waals surface area contributed by atoms with E-state index in [-0.39, 0.29) is 22.8 Å². The van der Waals surface area contributed by atoms with Crippen molar-refractivity contribution in [2.24, 2.45) is 5.92 Å². The summed E-state index contributed by atoms with van der Waals surface area (Å²) in [5.74, 6) is 0.149. The van der Waals surface area contributed by atoms with E-state index in [9.17, 15) is 4.79 Å². The van der Waals surface area contributed by atoms with Crippen molar-refractivity contribution in [2.75, 3.05) is 6.61 Å². The van der Waals surface area contributed by atoms with Gasteiger partial charge in [-0.05, 0) is 54.6 Å². The molecule has 0 spiro atoms. The van der Waals surface area contributed by atoms with E-state index in [4.69, 9.17) is 20.8 Å². The Hall–Kier alpha value is -0.843. The standard InChI is InChI=1S/C19H29ClO3Si/c1-7-22-18(21)16-11-15(16)13-8-9-14(17(20)10-13)12-23-24(5,6)19(2,3)4/h8-10,15-16H,7,11-12H2,1-6H3. The van der Waals surface area contributed by atoms with Gasteiger partial charge in [0.2, 0.25) is 0 Å². The average molecular weight is 369 g/mol. The highest BCUT2D eigenvalue weighted by atomic mass is 35.5. The molecule has 1 saturated carbocycles. The van der Waals surface area contributed by atoms with Gasteiger partial charge >= 0.3 is 5.97 Å². The highest BCUT2D eigenvalue weighted by Gasteiger charge is 2.45. The molecule has 5 heteroatoms. The van der Waals surface area contributed by atoms with Crippen molar-refractivity contribution in [3.8, 4) is 0 Å². The lowest BCUT2D eigenvalue weighted by molar-refractivity contribution is -0.144. The van der Waals surface area contributed by atoms with Gasteiger partial charge in [0.25, 0.3) is 0 Å². The second-order valence-corrected chi connectivity index (χ2v) is 13.3. The van der Waals surface area contributed by atoms with Crippen LogP contribution in [0.2, 0.25) is 23.2 Å². The molecule has 1 aromatic rings. The minimum atomic E-state index is -1.79. The highest BCUT2D eigenvalue weighted by molar-refractivity contribution is 6.74. The van der Waals surface area contributed by atoms with Gasteiger partial charge in [-0.25, -0.2) is 0 Å². The number of carbonyl (C=O) groups is 1. The number of rotatable bonds is 6. The largest absolute Gasteiger partial charge is 0.466 e. The first kappa shape index (κ1) is 19.5. The molecular formula is C19H29ClO3Si. The maximum atomic E-state index is 11.8. The minimum Gasteiger partial charge on any atom is -0.466 e. The van der Waals surface area contributed by atoms with E-state index in [0.29, 0.717) is 13.2 Å². The van der Waals surface area contributed by atoms with Crippen molar-refractivity contribution < 1.29 is 14.0 Å². The van der Waals surface area contributed by atoms with E-state index in [1.54, 1.807) is 0 Å². The molecule has 0 amide bonds. The van der Waals surface area contributed by atoms with Crippen molar-refractivity contribution in [1.82, 2.24) is 0 Å². The number of ether oxygens (including phenoxy) is 1. The molecule has 0 radical (unpaired) electrons. The lowest BCUT2D eigenvalue weighted by atomic mass is 10.1. The highest BCUT2D eigenvalue weighted by Crippen LogP contribution is 2.49. The van der Waals surface area contributed by atoms with Crippen LogP contribution in [0.15, 0.2) is 18.2 Å². The number of hydrogen-bond acceptors (Lipinski definition) is 3. The first-order valence-electron chi connectivity index (χ1n) is 8.65. The van der Waals surface area contributed by atoms with Crippen LogP contribution in [0, 0.1) is 5.92 Å². The van der Waals surface area contributed by atoms with Gasteiger partial charge in [0, 0.05) is 5.02 Å². The number of halogens is 1. The molecule has 0 aromatic heterocycles. The third kappa shape index (κ3) is 4.41. The molecule has 0 N–H and O–H groups in total. The third-order valence-electron chi connectivity index (χ3n) is 5.28. The average Bonchev–Trinajstić information content (AvgIpc) is 3.25. The van der Waals surface area contributed by atoms with Crippen molar-refractivity contribution in [1.29, 1.82) is 0 Å². The van der Waals surface area contributed by atoms with Crippen LogP contribution in [-0.2, 0) is 20.6 Å². The predicted molar refractivity (Wildman–Crippen MR) is 101 cm³/mol. The molecule has 2 atom stereocenters. The molecule has 0 bridgehead atoms. The molecule has 3 nitrogen and oxygen atoms in total. The van der Waals surface area contributed by atoms with Crippen LogP contribution in [0.5, 0.6) is 0 Å².